The highest BCUT2D eigenvalue weighted by Gasteiger charge is 2.25. The maximum absolute atomic E-state index is 13.6. The molecule has 2 aromatic heterocycles. The third kappa shape index (κ3) is 9.75. The molecule has 6 rings (SSSR count). The van der Waals surface area contributed by atoms with Crippen molar-refractivity contribution in [2.24, 2.45) is 5.73 Å². The summed E-state index contributed by atoms with van der Waals surface area (Å²) < 4.78 is 6.17. The number of H-pyrrole nitrogens is 1. The largest absolute Gasteiger partial charge is 0.436 e. The third-order valence-electron chi connectivity index (χ3n) is 9.56. The number of aromatic amines is 1. The van der Waals surface area contributed by atoms with Gasteiger partial charge in [-0.05, 0) is 78.9 Å². The molecule has 12 heteroatoms. The number of oxazole rings is 1. The van der Waals surface area contributed by atoms with Crippen LogP contribution in [-0.2, 0) is 38.4 Å². The topological polar surface area (TPSA) is 168 Å². The van der Waals surface area contributed by atoms with Crippen LogP contribution in [0.5, 0.6) is 0 Å². The highest BCUT2D eigenvalue weighted by Crippen LogP contribution is 2.30. The van der Waals surface area contributed by atoms with Gasteiger partial charge in [-0.3, -0.25) is 19.2 Å². The monoisotopic (exact) mass is 753 g/mol. The van der Waals surface area contributed by atoms with Gasteiger partial charge in [0.25, 0.3) is 0 Å². The summed E-state index contributed by atoms with van der Waals surface area (Å²) >= 11 is 0. The van der Waals surface area contributed by atoms with Crippen LogP contribution in [0.25, 0.3) is 33.8 Å². The number of nitrogens with zero attached hydrogens (tertiary/aromatic N) is 4. The van der Waals surface area contributed by atoms with Crippen molar-refractivity contribution in [3.05, 3.63) is 126 Å². The molecule has 288 valence electrons. The van der Waals surface area contributed by atoms with E-state index in [-0.39, 0.29) is 49.6 Å². The van der Waals surface area contributed by atoms with Gasteiger partial charge in [0.05, 0.1) is 49.1 Å². The van der Waals surface area contributed by atoms with Crippen LogP contribution < -0.4 is 11.1 Å². The van der Waals surface area contributed by atoms with Gasteiger partial charge in [0, 0.05) is 29.9 Å². The Balaban J connectivity index is 1.10. The van der Waals surface area contributed by atoms with Gasteiger partial charge >= 0.3 is 0 Å². The molecule has 0 radical (unpaired) electrons. The maximum atomic E-state index is 13.6. The van der Waals surface area contributed by atoms with E-state index in [1.165, 1.54) is 0 Å². The Morgan fingerprint density at radius 3 is 2.18 bits per heavy atom. The quantitative estimate of drug-likeness (QED) is 0.0913. The van der Waals surface area contributed by atoms with Crippen LogP contribution in [0.4, 0.5) is 5.69 Å². The third-order valence-corrected chi connectivity index (χ3v) is 9.56. The summed E-state index contributed by atoms with van der Waals surface area (Å²) in [6, 6.07) is 29.5. The van der Waals surface area contributed by atoms with Gasteiger partial charge < -0.3 is 30.3 Å². The first-order chi connectivity index (χ1) is 27.1. The van der Waals surface area contributed by atoms with E-state index >= 15 is 0 Å². The zero-order valence-corrected chi connectivity index (χ0v) is 32.0. The zero-order valence-electron chi connectivity index (χ0n) is 32.0. The zero-order chi connectivity index (χ0) is 39.6. The lowest BCUT2D eigenvalue weighted by Crippen LogP contribution is -2.39. The number of carbonyl (C=O) groups excluding carboxylic acids is 4. The number of primary amides is 1. The van der Waals surface area contributed by atoms with Crippen molar-refractivity contribution in [3.8, 4) is 22.8 Å². The van der Waals surface area contributed by atoms with Crippen molar-refractivity contribution in [1.82, 2.24) is 24.8 Å². The molecule has 0 spiro atoms. The van der Waals surface area contributed by atoms with Gasteiger partial charge in [0.1, 0.15) is 5.82 Å². The van der Waals surface area contributed by atoms with Crippen molar-refractivity contribution < 1.29 is 23.6 Å². The standard InChI is InChI=1S/C44H47N7O5/c1-4-21-50(41(54)23-30-11-7-6-8-12-30)28-40(53)47-35-18-15-31(16-19-35)44-46-27-38(56-44)34-17-20-36-37(24-34)49-43(48-36)29(3)51(22-5-2)42(55)26-33-14-10-9-13-32(33)25-39(45)52/h6-20,24,27,29H,4-5,21-23,25-26,28H2,1-3H3,(H2,45,52)(H,47,53)(H,48,49)/t29-/m0/s1. The molecule has 0 aliphatic heterocycles. The fourth-order valence-electron chi connectivity index (χ4n) is 6.71. The number of benzene rings is 4. The van der Waals surface area contributed by atoms with Crippen LogP contribution in [0.1, 0.15) is 62.2 Å². The van der Waals surface area contributed by atoms with Gasteiger partial charge in [-0.25, -0.2) is 9.97 Å². The summed E-state index contributed by atoms with van der Waals surface area (Å²) in [5, 5.41) is 2.89. The minimum atomic E-state index is -0.440. The molecule has 0 aliphatic carbocycles. The van der Waals surface area contributed by atoms with Crippen molar-refractivity contribution in [2.45, 2.75) is 58.9 Å². The number of anilines is 1. The Labute approximate surface area is 326 Å². The van der Waals surface area contributed by atoms with Crippen LogP contribution >= 0.6 is 0 Å². The predicted octanol–water partition coefficient (Wildman–Crippen LogP) is 6.87. The van der Waals surface area contributed by atoms with E-state index in [0.29, 0.717) is 36.3 Å². The van der Waals surface area contributed by atoms with Gasteiger partial charge in [-0.2, -0.15) is 0 Å². The molecule has 0 fully saturated rings. The lowest BCUT2D eigenvalue weighted by Gasteiger charge is -2.28. The number of hydrogen-bond acceptors (Lipinski definition) is 7. The van der Waals surface area contributed by atoms with Crippen LogP contribution in [0.3, 0.4) is 0 Å². The molecule has 0 aliphatic rings. The first kappa shape index (κ1) is 39.1. The van der Waals surface area contributed by atoms with E-state index in [1.54, 1.807) is 23.2 Å². The molecular formula is C44H47N7O5. The molecule has 1 atom stereocenters. The van der Waals surface area contributed by atoms with Gasteiger partial charge in [0.2, 0.25) is 29.5 Å². The molecule has 0 saturated heterocycles. The molecule has 0 bridgehead atoms. The second-order valence-electron chi connectivity index (χ2n) is 13.8. The lowest BCUT2D eigenvalue weighted by atomic mass is 10.0. The van der Waals surface area contributed by atoms with Crippen molar-refractivity contribution in [3.63, 3.8) is 0 Å². The smallest absolute Gasteiger partial charge is 0.243 e. The second-order valence-corrected chi connectivity index (χ2v) is 13.8. The van der Waals surface area contributed by atoms with Crippen LogP contribution in [0.2, 0.25) is 0 Å². The molecule has 56 heavy (non-hydrogen) atoms. The highest BCUT2D eigenvalue weighted by molar-refractivity contribution is 5.95. The Morgan fingerprint density at radius 1 is 0.804 bits per heavy atom. The number of hydrogen-bond donors (Lipinski definition) is 3. The molecule has 4 amide bonds. The molecule has 4 N–H and O–H groups in total. The summed E-state index contributed by atoms with van der Waals surface area (Å²) in [5.41, 5.74) is 11.6. The van der Waals surface area contributed by atoms with Gasteiger partial charge in [0.15, 0.2) is 5.76 Å². The Bertz CT molecular complexity index is 2300. The number of nitrogens with one attached hydrogen (secondary N) is 2. The van der Waals surface area contributed by atoms with Crippen LogP contribution in [-0.4, -0.2) is 68.0 Å². The van der Waals surface area contributed by atoms with Crippen molar-refractivity contribution >= 4 is 40.3 Å². The first-order valence-electron chi connectivity index (χ1n) is 18.9. The molecule has 0 unspecified atom stereocenters. The number of rotatable bonds is 17. The summed E-state index contributed by atoms with van der Waals surface area (Å²) in [5.74, 6) is 0.780. The number of nitrogens with two attached hydrogens (primary N) is 1. The fourth-order valence-corrected chi connectivity index (χ4v) is 6.71. The average Bonchev–Trinajstić information content (AvgIpc) is 3.86. The lowest BCUT2D eigenvalue weighted by molar-refractivity contribution is -0.134. The normalized spacial score (nSPS) is 11.6. The summed E-state index contributed by atoms with van der Waals surface area (Å²) in [4.78, 5) is 67.3. The first-order valence-corrected chi connectivity index (χ1v) is 18.9. The Kier molecular flexibility index (Phi) is 12.7. The molecule has 12 nitrogen and oxygen atoms in total. The van der Waals surface area contributed by atoms with E-state index in [2.05, 4.69) is 15.3 Å². The molecule has 2 heterocycles. The summed E-state index contributed by atoms with van der Waals surface area (Å²) in [7, 11) is 0. The molecule has 0 saturated carbocycles. The summed E-state index contributed by atoms with van der Waals surface area (Å²) in [6.07, 6.45) is 3.66. The summed E-state index contributed by atoms with van der Waals surface area (Å²) in [6.45, 7) is 6.97. The van der Waals surface area contributed by atoms with E-state index in [0.717, 1.165) is 51.7 Å². The maximum Gasteiger partial charge on any atom is 0.243 e. The van der Waals surface area contributed by atoms with Crippen LogP contribution in [0, 0.1) is 0 Å². The number of fused-ring (bicyclic) bond motifs is 1. The van der Waals surface area contributed by atoms with Gasteiger partial charge in [-0.1, -0.05) is 68.4 Å². The van der Waals surface area contributed by atoms with E-state index in [9.17, 15) is 19.2 Å². The van der Waals surface area contributed by atoms with Crippen LogP contribution in [0.15, 0.2) is 108 Å². The van der Waals surface area contributed by atoms with E-state index in [1.807, 2.05) is 111 Å². The molecule has 6 aromatic rings. The Morgan fingerprint density at radius 2 is 1.48 bits per heavy atom. The second kappa shape index (κ2) is 18.2. The average molecular weight is 754 g/mol. The number of imidazole rings is 1. The predicted molar refractivity (Wildman–Crippen MR) is 216 cm³/mol. The number of carbonyl (C=O) groups is 4. The fraction of sp³-hybridized carbons (Fsp3) is 0.273. The highest BCUT2D eigenvalue weighted by atomic mass is 16.4. The number of amides is 4. The molecule has 4 aromatic carbocycles. The number of aromatic nitrogens is 3. The minimum absolute atomic E-state index is 0.0325. The van der Waals surface area contributed by atoms with E-state index < -0.39 is 5.91 Å². The van der Waals surface area contributed by atoms with Crippen molar-refractivity contribution in [2.75, 3.05) is 25.0 Å². The van der Waals surface area contributed by atoms with E-state index in [4.69, 9.17) is 15.1 Å². The van der Waals surface area contributed by atoms with Gasteiger partial charge in [-0.15, -0.1) is 0 Å². The minimum Gasteiger partial charge on any atom is -0.436 e. The SMILES string of the molecule is CCCN(CC(=O)Nc1ccc(-c2ncc(-c3ccc4nc([C@H](C)N(CCC)C(=O)Cc5ccccc5CC(N)=O)[nH]c4c3)o2)cc1)C(=O)Cc1ccccc1. The Hall–Kier alpha value is -6.56. The molecular weight excluding hydrogens is 707 g/mol. The van der Waals surface area contributed by atoms with Crippen molar-refractivity contribution in [1.29, 1.82) is 0 Å².